The number of rotatable bonds is 4. The lowest BCUT2D eigenvalue weighted by Gasteiger charge is -2.15. The van der Waals surface area contributed by atoms with E-state index in [0.717, 1.165) is 10.1 Å². The lowest BCUT2D eigenvalue weighted by molar-refractivity contribution is -0.122. The highest BCUT2D eigenvalue weighted by Gasteiger charge is 2.17. The SMILES string of the molecule is CC(NC(=O)Cn1cnc2c1c(=O)n(C)c(=O)n2C)c1ccc(Cl)cc1. The molecule has 3 aromatic rings. The Kier molecular flexibility index (Phi) is 4.69. The van der Waals surface area contributed by atoms with Gasteiger partial charge in [-0.25, -0.2) is 9.78 Å². The fourth-order valence-corrected chi connectivity index (χ4v) is 2.92. The van der Waals surface area contributed by atoms with Gasteiger partial charge < -0.3 is 9.88 Å². The van der Waals surface area contributed by atoms with Gasteiger partial charge in [0.2, 0.25) is 5.91 Å². The van der Waals surface area contributed by atoms with Crippen LogP contribution in [0.15, 0.2) is 40.2 Å². The minimum Gasteiger partial charge on any atom is -0.348 e. The van der Waals surface area contributed by atoms with Crippen LogP contribution in [0.5, 0.6) is 0 Å². The third-order valence-electron chi connectivity index (χ3n) is 4.28. The summed E-state index contributed by atoms with van der Waals surface area (Å²) in [6, 6.07) is 6.97. The van der Waals surface area contributed by atoms with Crippen molar-refractivity contribution in [2.45, 2.75) is 19.5 Å². The number of nitrogens with zero attached hydrogens (tertiary/aromatic N) is 4. The van der Waals surface area contributed by atoms with E-state index in [2.05, 4.69) is 10.3 Å². The van der Waals surface area contributed by atoms with Gasteiger partial charge in [0, 0.05) is 19.1 Å². The molecule has 8 nitrogen and oxygen atoms in total. The van der Waals surface area contributed by atoms with Gasteiger partial charge >= 0.3 is 5.69 Å². The van der Waals surface area contributed by atoms with Gasteiger partial charge in [0.15, 0.2) is 11.2 Å². The number of aromatic nitrogens is 4. The van der Waals surface area contributed by atoms with Crippen molar-refractivity contribution < 1.29 is 4.79 Å². The maximum atomic E-state index is 12.4. The molecule has 26 heavy (non-hydrogen) atoms. The van der Waals surface area contributed by atoms with Crippen molar-refractivity contribution in [3.05, 3.63) is 62.0 Å². The van der Waals surface area contributed by atoms with E-state index in [0.29, 0.717) is 5.02 Å². The molecular formula is C17H18ClN5O3. The Morgan fingerprint density at radius 1 is 1.19 bits per heavy atom. The minimum absolute atomic E-state index is 0.0815. The van der Waals surface area contributed by atoms with Crippen LogP contribution in [-0.4, -0.2) is 24.6 Å². The Balaban J connectivity index is 1.85. The summed E-state index contributed by atoms with van der Waals surface area (Å²) >= 11 is 5.87. The molecule has 0 aliphatic carbocycles. The van der Waals surface area contributed by atoms with E-state index in [9.17, 15) is 14.4 Å². The highest BCUT2D eigenvalue weighted by atomic mass is 35.5. The van der Waals surface area contributed by atoms with E-state index in [1.807, 2.05) is 19.1 Å². The van der Waals surface area contributed by atoms with E-state index in [-0.39, 0.29) is 29.7 Å². The largest absolute Gasteiger partial charge is 0.348 e. The zero-order chi connectivity index (χ0) is 19.0. The zero-order valence-electron chi connectivity index (χ0n) is 14.6. The molecule has 1 N–H and O–H groups in total. The maximum Gasteiger partial charge on any atom is 0.332 e. The van der Waals surface area contributed by atoms with Crippen LogP contribution < -0.4 is 16.6 Å². The maximum absolute atomic E-state index is 12.4. The number of amides is 1. The van der Waals surface area contributed by atoms with Crippen molar-refractivity contribution >= 4 is 28.7 Å². The Morgan fingerprint density at radius 3 is 2.50 bits per heavy atom. The van der Waals surface area contributed by atoms with Crippen LogP contribution in [0.25, 0.3) is 11.2 Å². The lowest BCUT2D eigenvalue weighted by Crippen LogP contribution is -2.38. The van der Waals surface area contributed by atoms with E-state index in [1.54, 1.807) is 12.1 Å². The van der Waals surface area contributed by atoms with Crippen molar-refractivity contribution in [2.24, 2.45) is 14.1 Å². The molecule has 1 amide bonds. The van der Waals surface area contributed by atoms with Crippen LogP contribution >= 0.6 is 11.6 Å². The first kappa shape index (κ1) is 17.9. The first-order chi connectivity index (χ1) is 12.3. The molecule has 0 spiro atoms. The zero-order valence-corrected chi connectivity index (χ0v) is 15.3. The standard InChI is InChI=1S/C17H18ClN5O3/c1-10(11-4-6-12(18)7-5-11)20-13(24)8-23-9-19-15-14(23)16(25)22(3)17(26)21(15)2/h4-7,9-10H,8H2,1-3H3,(H,20,24). The number of carbonyl (C=O) groups excluding carboxylic acids is 1. The Hall–Kier alpha value is -2.87. The second-order valence-electron chi connectivity index (χ2n) is 6.09. The summed E-state index contributed by atoms with van der Waals surface area (Å²) in [5.41, 5.74) is 0.421. The van der Waals surface area contributed by atoms with Crippen LogP contribution in [0.1, 0.15) is 18.5 Å². The van der Waals surface area contributed by atoms with Gasteiger partial charge in [-0.3, -0.25) is 18.7 Å². The monoisotopic (exact) mass is 375 g/mol. The highest BCUT2D eigenvalue weighted by molar-refractivity contribution is 6.30. The normalized spacial score (nSPS) is 12.3. The first-order valence-corrected chi connectivity index (χ1v) is 8.33. The van der Waals surface area contributed by atoms with Crippen molar-refractivity contribution in [3.8, 4) is 0 Å². The Bertz CT molecular complexity index is 1090. The van der Waals surface area contributed by atoms with Crippen LogP contribution in [-0.2, 0) is 25.4 Å². The van der Waals surface area contributed by atoms with E-state index in [4.69, 9.17) is 11.6 Å². The summed E-state index contributed by atoms with van der Waals surface area (Å²) in [5.74, 6) is -0.275. The second kappa shape index (κ2) is 6.80. The average molecular weight is 376 g/mol. The number of carbonyl (C=O) groups is 1. The van der Waals surface area contributed by atoms with Crippen molar-refractivity contribution in [3.63, 3.8) is 0 Å². The number of aryl methyl sites for hydroxylation is 1. The molecule has 0 aliphatic rings. The summed E-state index contributed by atoms with van der Waals surface area (Å²) in [5, 5.41) is 3.49. The summed E-state index contributed by atoms with van der Waals surface area (Å²) in [6.45, 7) is 1.78. The molecule has 9 heteroatoms. The van der Waals surface area contributed by atoms with Crippen molar-refractivity contribution in [2.75, 3.05) is 0 Å². The van der Waals surface area contributed by atoms with Gasteiger partial charge in [0.25, 0.3) is 5.56 Å². The molecule has 0 fully saturated rings. The third kappa shape index (κ3) is 3.15. The van der Waals surface area contributed by atoms with Gasteiger partial charge in [-0.2, -0.15) is 0 Å². The Morgan fingerprint density at radius 2 is 1.85 bits per heavy atom. The number of imidazole rings is 1. The van der Waals surface area contributed by atoms with Gasteiger partial charge in [-0.1, -0.05) is 23.7 Å². The highest BCUT2D eigenvalue weighted by Crippen LogP contribution is 2.16. The van der Waals surface area contributed by atoms with Crippen LogP contribution in [0.2, 0.25) is 5.02 Å². The summed E-state index contributed by atoms with van der Waals surface area (Å²) in [7, 11) is 2.92. The molecule has 0 aliphatic heterocycles. The quantitative estimate of drug-likeness (QED) is 0.735. The molecule has 2 heterocycles. The van der Waals surface area contributed by atoms with Crippen LogP contribution in [0, 0.1) is 0 Å². The van der Waals surface area contributed by atoms with Crippen molar-refractivity contribution in [1.29, 1.82) is 0 Å². The number of benzene rings is 1. The molecule has 1 aromatic carbocycles. The third-order valence-corrected chi connectivity index (χ3v) is 4.53. The van der Waals surface area contributed by atoms with E-state index >= 15 is 0 Å². The Labute approximate surface area is 153 Å². The van der Waals surface area contributed by atoms with E-state index in [1.165, 1.54) is 29.6 Å². The average Bonchev–Trinajstić information content (AvgIpc) is 3.02. The van der Waals surface area contributed by atoms with E-state index < -0.39 is 11.2 Å². The van der Waals surface area contributed by atoms with Gasteiger partial charge in [-0.05, 0) is 24.6 Å². The van der Waals surface area contributed by atoms with Crippen LogP contribution in [0.4, 0.5) is 0 Å². The number of nitrogens with one attached hydrogen (secondary N) is 1. The predicted octanol–water partition coefficient (Wildman–Crippen LogP) is 0.964. The summed E-state index contributed by atoms with van der Waals surface area (Å²) < 4.78 is 3.72. The second-order valence-corrected chi connectivity index (χ2v) is 6.53. The van der Waals surface area contributed by atoms with Gasteiger partial charge in [0.05, 0.1) is 12.4 Å². The molecule has 0 saturated heterocycles. The molecule has 2 aromatic heterocycles. The smallest absolute Gasteiger partial charge is 0.332 e. The predicted molar refractivity (Wildman–Crippen MR) is 98.2 cm³/mol. The topological polar surface area (TPSA) is 90.9 Å². The molecule has 1 atom stereocenters. The van der Waals surface area contributed by atoms with Crippen LogP contribution in [0.3, 0.4) is 0 Å². The van der Waals surface area contributed by atoms with Crippen molar-refractivity contribution in [1.82, 2.24) is 24.0 Å². The lowest BCUT2D eigenvalue weighted by atomic mass is 10.1. The first-order valence-electron chi connectivity index (χ1n) is 7.95. The fourth-order valence-electron chi connectivity index (χ4n) is 2.79. The number of hydrogen-bond donors (Lipinski definition) is 1. The molecule has 0 saturated carbocycles. The molecular weight excluding hydrogens is 358 g/mol. The summed E-state index contributed by atoms with van der Waals surface area (Å²) in [6.07, 6.45) is 1.39. The molecule has 0 radical (unpaired) electrons. The summed E-state index contributed by atoms with van der Waals surface area (Å²) in [4.78, 5) is 40.8. The number of hydrogen-bond acceptors (Lipinski definition) is 4. The number of halogens is 1. The molecule has 3 rings (SSSR count). The van der Waals surface area contributed by atoms with Gasteiger partial charge in [0.1, 0.15) is 6.54 Å². The molecule has 0 bridgehead atoms. The molecule has 1 unspecified atom stereocenters. The minimum atomic E-state index is -0.487. The fraction of sp³-hybridized carbons (Fsp3) is 0.294. The van der Waals surface area contributed by atoms with Gasteiger partial charge in [-0.15, -0.1) is 0 Å². The molecule has 136 valence electrons. The number of fused-ring (bicyclic) bond motifs is 1.